The highest BCUT2D eigenvalue weighted by atomic mass is 16.5. The van der Waals surface area contributed by atoms with Gasteiger partial charge in [-0.2, -0.15) is 0 Å². The van der Waals surface area contributed by atoms with E-state index in [0.29, 0.717) is 17.9 Å². The number of pyridine rings is 3. The first-order valence-corrected chi connectivity index (χ1v) is 12.3. The summed E-state index contributed by atoms with van der Waals surface area (Å²) >= 11 is 0. The molecule has 176 valence electrons. The first-order valence-electron chi connectivity index (χ1n) is 12.3. The number of rotatable bonds is 3. The number of hydrogen-bond acceptors (Lipinski definition) is 7. The van der Waals surface area contributed by atoms with Crippen LogP contribution in [0.2, 0.25) is 0 Å². The number of imidazole rings is 1. The number of ether oxygens (including phenoxy) is 1. The highest BCUT2D eigenvalue weighted by molar-refractivity contribution is 6.00. The van der Waals surface area contributed by atoms with E-state index in [4.69, 9.17) is 20.4 Å². The largest absolute Gasteiger partial charge is 0.383 e. The number of hydrogen-bond donors (Lipinski definition) is 1. The molecule has 8 nitrogen and oxygen atoms in total. The van der Waals surface area contributed by atoms with Crippen molar-refractivity contribution in [1.29, 1.82) is 0 Å². The van der Waals surface area contributed by atoms with E-state index in [1.165, 1.54) is 12.8 Å². The van der Waals surface area contributed by atoms with Crippen molar-refractivity contribution in [1.82, 2.24) is 29.4 Å². The van der Waals surface area contributed by atoms with Gasteiger partial charge in [-0.25, -0.2) is 15.0 Å². The van der Waals surface area contributed by atoms with Gasteiger partial charge in [0.15, 0.2) is 0 Å². The van der Waals surface area contributed by atoms with E-state index in [-0.39, 0.29) is 0 Å². The van der Waals surface area contributed by atoms with E-state index >= 15 is 0 Å². The Labute approximate surface area is 199 Å². The van der Waals surface area contributed by atoms with E-state index in [9.17, 15) is 0 Å². The zero-order valence-electron chi connectivity index (χ0n) is 19.9. The summed E-state index contributed by atoms with van der Waals surface area (Å²) in [5.41, 5.74) is 12.5. The van der Waals surface area contributed by atoms with Gasteiger partial charge in [-0.3, -0.25) is 9.88 Å². The highest BCUT2D eigenvalue weighted by Crippen LogP contribution is 2.36. The summed E-state index contributed by atoms with van der Waals surface area (Å²) in [4.78, 5) is 21.6. The molecule has 5 heterocycles. The number of nitrogen functional groups attached to an aromatic ring is 1. The maximum absolute atomic E-state index is 5.93. The van der Waals surface area contributed by atoms with Crippen LogP contribution in [0, 0.1) is 13.8 Å². The lowest BCUT2D eigenvalue weighted by atomic mass is 9.89. The summed E-state index contributed by atoms with van der Waals surface area (Å²) in [6.07, 6.45) is 8.40. The normalized spacial score (nSPS) is 21.9. The van der Waals surface area contributed by atoms with Gasteiger partial charge in [-0.05, 0) is 63.3 Å². The lowest BCUT2D eigenvalue weighted by Crippen LogP contribution is -2.45. The Hall–Kier alpha value is -3.10. The number of nitrogens with zero attached hydrogens (tertiary/aromatic N) is 6. The molecule has 6 rings (SSSR count). The molecule has 2 aliphatic rings. The van der Waals surface area contributed by atoms with E-state index in [1.54, 1.807) is 6.20 Å². The molecule has 0 bridgehead atoms. The molecule has 4 aromatic rings. The third-order valence-corrected chi connectivity index (χ3v) is 7.55. The number of aromatic nitrogens is 5. The van der Waals surface area contributed by atoms with Gasteiger partial charge in [0.2, 0.25) is 0 Å². The Morgan fingerprint density at radius 2 is 1.68 bits per heavy atom. The van der Waals surface area contributed by atoms with Crippen LogP contribution in [0.15, 0.2) is 30.6 Å². The van der Waals surface area contributed by atoms with Crippen LogP contribution in [0.4, 0.5) is 5.82 Å². The van der Waals surface area contributed by atoms with Crippen molar-refractivity contribution in [3.05, 3.63) is 42.0 Å². The molecule has 1 saturated heterocycles. The summed E-state index contributed by atoms with van der Waals surface area (Å²) in [6.45, 7) is 7.92. The van der Waals surface area contributed by atoms with Gasteiger partial charge >= 0.3 is 0 Å². The van der Waals surface area contributed by atoms with Crippen LogP contribution in [0.25, 0.3) is 33.3 Å². The van der Waals surface area contributed by atoms with E-state index in [1.807, 2.05) is 31.3 Å². The average molecular weight is 458 g/mol. The minimum atomic E-state index is 0.429. The molecule has 0 atom stereocenters. The minimum Gasteiger partial charge on any atom is -0.383 e. The molecule has 0 radical (unpaired) electrons. The maximum atomic E-state index is 5.93. The minimum absolute atomic E-state index is 0.429. The molecule has 1 aliphatic carbocycles. The Bertz CT molecular complexity index is 1350. The van der Waals surface area contributed by atoms with Gasteiger partial charge in [0.05, 0.1) is 36.1 Å². The Morgan fingerprint density at radius 3 is 2.44 bits per heavy atom. The lowest BCUT2D eigenvalue weighted by Gasteiger charge is -2.39. The molecule has 1 saturated carbocycles. The van der Waals surface area contributed by atoms with Gasteiger partial charge < -0.3 is 15.0 Å². The summed E-state index contributed by atoms with van der Waals surface area (Å²) in [6, 6.07) is 7.19. The highest BCUT2D eigenvalue weighted by Gasteiger charge is 2.29. The fourth-order valence-corrected chi connectivity index (χ4v) is 5.71. The quantitative estimate of drug-likeness (QED) is 0.496. The van der Waals surface area contributed by atoms with Crippen molar-refractivity contribution in [2.75, 3.05) is 32.0 Å². The molecule has 4 aromatic heterocycles. The van der Waals surface area contributed by atoms with Crippen molar-refractivity contribution in [3.8, 4) is 11.3 Å². The van der Waals surface area contributed by atoms with E-state index in [2.05, 4.69) is 26.4 Å². The van der Waals surface area contributed by atoms with Crippen LogP contribution in [0.5, 0.6) is 0 Å². The maximum Gasteiger partial charge on any atom is 0.126 e. The number of nitrogens with two attached hydrogens (primary N) is 1. The van der Waals surface area contributed by atoms with E-state index < -0.39 is 0 Å². The van der Waals surface area contributed by atoms with Crippen LogP contribution < -0.4 is 5.73 Å². The molecular formula is C26H31N7O. The zero-order chi connectivity index (χ0) is 23.2. The Kier molecular flexibility index (Phi) is 5.42. The van der Waals surface area contributed by atoms with Crippen molar-refractivity contribution in [3.63, 3.8) is 0 Å². The number of morpholine rings is 1. The SMILES string of the molecule is Cc1cc(-c2ccc3ncc4nc(C)n(C5CCC(N6CCOCC6)CC5)c4c3n2)cnc1N. The van der Waals surface area contributed by atoms with Gasteiger partial charge in [0.25, 0.3) is 0 Å². The molecule has 0 aromatic carbocycles. The second-order valence-electron chi connectivity index (χ2n) is 9.62. The van der Waals surface area contributed by atoms with Gasteiger partial charge in [-0.15, -0.1) is 0 Å². The molecule has 0 spiro atoms. The topological polar surface area (TPSA) is 95.0 Å². The van der Waals surface area contributed by atoms with Crippen molar-refractivity contribution in [2.24, 2.45) is 0 Å². The van der Waals surface area contributed by atoms with Crippen LogP contribution in [0.3, 0.4) is 0 Å². The Balaban J connectivity index is 1.38. The second-order valence-corrected chi connectivity index (χ2v) is 9.62. The summed E-state index contributed by atoms with van der Waals surface area (Å²) in [5.74, 6) is 1.59. The monoisotopic (exact) mass is 457 g/mol. The van der Waals surface area contributed by atoms with Gasteiger partial charge in [-0.1, -0.05) is 0 Å². The number of anilines is 1. The fourth-order valence-electron chi connectivity index (χ4n) is 5.71. The van der Waals surface area contributed by atoms with Gasteiger partial charge in [0, 0.05) is 36.9 Å². The lowest BCUT2D eigenvalue weighted by molar-refractivity contribution is 0.00552. The fraction of sp³-hybridized carbons (Fsp3) is 0.462. The number of fused-ring (bicyclic) bond motifs is 3. The number of aryl methyl sites for hydroxylation is 2. The third kappa shape index (κ3) is 3.71. The molecule has 8 heteroatoms. The van der Waals surface area contributed by atoms with Crippen molar-refractivity contribution >= 4 is 27.9 Å². The first-order chi connectivity index (χ1) is 16.6. The molecular weight excluding hydrogens is 426 g/mol. The van der Waals surface area contributed by atoms with Crippen LogP contribution in [0.1, 0.15) is 43.1 Å². The molecule has 2 N–H and O–H groups in total. The van der Waals surface area contributed by atoms with Crippen LogP contribution in [-0.2, 0) is 4.74 Å². The predicted molar refractivity (Wildman–Crippen MR) is 134 cm³/mol. The predicted octanol–water partition coefficient (Wildman–Crippen LogP) is 4.06. The molecule has 2 fully saturated rings. The average Bonchev–Trinajstić information content (AvgIpc) is 3.22. The summed E-state index contributed by atoms with van der Waals surface area (Å²) in [5, 5.41) is 0. The van der Waals surface area contributed by atoms with Gasteiger partial charge in [0.1, 0.15) is 22.7 Å². The van der Waals surface area contributed by atoms with Crippen molar-refractivity contribution in [2.45, 2.75) is 51.6 Å². The summed E-state index contributed by atoms with van der Waals surface area (Å²) in [7, 11) is 0. The smallest absolute Gasteiger partial charge is 0.126 e. The van der Waals surface area contributed by atoms with Crippen LogP contribution in [-0.4, -0.2) is 61.7 Å². The Morgan fingerprint density at radius 1 is 0.912 bits per heavy atom. The van der Waals surface area contributed by atoms with Crippen LogP contribution >= 0.6 is 0 Å². The second kappa shape index (κ2) is 8.60. The third-order valence-electron chi connectivity index (χ3n) is 7.55. The first kappa shape index (κ1) is 21.4. The summed E-state index contributed by atoms with van der Waals surface area (Å²) < 4.78 is 7.98. The zero-order valence-corrected chi connectivity index (χ0v) is 19.9. The molecule has 0 amide bonds. The molecule has 1 aliphatic heterocycles. The molecule has 34 heavy (non-hydrogen) atoms. The molecule has 0 unspecified atom stereocenters. The van der Waals surface area contributed by atoms with E-state index in [0.717, 1.165) is 83.9 Å². The standard InChI is InChI=1S/C26H31N7O/c1-16-13-18(14-29-26(16)27)21-7-8-22-24(31-21)25-23(15-28-22)30-17(2)33(25)20-5-3-19(4-6-20)32-9-11-34-12-10-32/h7-8,13-15,19-20H,3-6,9-12H2,1-2H3,(H2,27,29). The van der Waals surface area contributed by atoms with Crippen molar-refractivity contribution < 1.29 is 4.74 Å².